The van der Waals surface area contributed by atoms with Gasteiger partial charge in [-0.05, 0) is 49.9 Å². The zero-order chi connectivity index (χ0) is 10.8. The molecule has 1 heterocycles. The predicted octanol–water partition coefficient (Wildman–Crippen LogP) is 2.51. The lowest BCUT2D eigenvalue weighted by molar-refractivity contribution is 0.602. The minimum absolute atomic E-state index is 0.818. The second-order valence-corrected chi connectivity index (χ2v) is 4.49. The topological polar surface area (TPSA) is 38.1 Å². The number of aromatic nitrogens is 1. The van der Waals surface area contributed by atoms with Crippen molar-refractivity contribution in [1.82, 2.24) is 10.3 Å². The number of benzene rings is 1. The first-order chi connectivity index (χ1) is 7.92. The molecule has 0 amide bonds. The molecule has 0 aliphatic heterocycles. The molecule has 0 spiro atoms. The fraction of sp³-hybridized carbons (Fsp3) is 0.462. The Kier molecular flexibility index (Phi) is 2.62. The zero-order valence-corrected chi connectivity index (χ0v) is 9.28. The van der Waals surface area contributed by atoms with E-state index in [0.717, 1.165) is 30.1 Å². The molecule has 1 fully saturated rings. The third-order valence-electron chi connectivity index (χ3n) is 3.05. The molecule has 0 radical (unpaired) electrons. The third kappa shape index (κ3) is 2.25. The van der Waals surface area contributed by atoms with Crippen LogP contribution >= 0.6 is 0 Å². The highest BCUT2D eigenvalue weighted by Gasteiger charge is 2.19. The molecule has 2 aromatic rings. The summed E-state index contributed by atoms with van der Waals surface area (Å²) in [6, 6.07) is 7.07. The van der Waals surface area contributed by atoms with E-state index in [2.05, 4.69) is 22.4 Å². The van der Waals surface area contributed by atoms with Crippen molar-refractivity contribution in [2.24, 2.45) is 0 Å². The first kappa shape index (κ1) is 9.85. The van der Waals surface area contributed by atoms with E-state index in [1.165, 1.54) is 31.2 Å². The van der Waals surface area contributed by atoms with Gasteiger partial charge in [-0.2, -0.15) is 0 Å². The van der Waals surface area contributed by atoms with Crippen molar-refractivity contribution in [2.75, 3.05) is 6.54 Å². The van der Waals surface area contributed by atoms with Crippen LogP contribution in [0.2, 0.25) is 0 Å². The highest BCUT2D eigenvalue weighted by Crippen LogP contribution is 2.19. The largest absolute Gasteiger partial charge is 0.443 e. The minimum Gasteiger partial charge on any atom is -0.443 e. The molecule has 1 aliphatic carbocycles. The molecule has 0 bridgehead atoms. The molecule has 0 unspecified atom stereocenters. The molecular weight excluding hydrogens is 200 g/mol. The fourth-order valence-electron chi connectivity index (χ4n) is 1.95. The number of aryl methyl sites for hydroxylation is 1. The summed E-state index contributed by atoms with van der Waals surface area (Å²) in [5.41, 5.74) is 3.19. The van der Waals surface area contributed by atoms with Gasteiger partial charge in [0.1, 0.15) is 5.52 Å². The van der Waals surface area contributed by atoms with E-state index >= 15 is 0 Å². The third-order valence-corrected chi connectivity index (χ3v) is 3.05. The van der Waals surface area contributed by atoms with Crippen LogP contribution in [0.25, 0.3) is 11.1 Å². The van der Waals surface area contributed by atoms with E-state index in [1.807, 2.05) is 6.07 Å². The lowest BCUT2D eigenvalue weighted by Crippen LogP contribution is -2.17. The Morgan fingerprint density at radius 2 is 2.31 bits per heavy atom. The summed E-state index contributed by atoms with van der Waals surface area (Å²) in [6.07, 6.45) is 6.54. The van der Waals surface area contributed by atoms with Crippen LogP contribution in [0.15, 0.2) is 29.0 Å². The molecule has 16 heavy (non-hydrogen) atoms. The van der Waals surface area contributed by atoms with Crippen LogP contribution in [0, 0.1) is 0 Å². The van der Waals surface area contributed by atoms with Gasteiger partial charge in [-0.1, -0.05) is 6.07 Å². The van der Waals surface area contributed by atoms with Crippen molar-refractivity contribution in [3.63, 3.8) is 0 Å². The monoisotopic (exact) mass is 216 g/mol. The second kappa shape index (κ2) is 4.26. The summed E-state index contributed by atoms with van der Waals surface area (Å²) in [5, 5.41) is 3.52. The lowest BCUT2D eigenvalue weighted by atomic mass is 10.1. The van der Waals surface area contributed by atoms with E-state index in [0.29, 0.717) is 0 Å². The summed E-state index contributed by atoms with van der Waals surface area (Å²) in [6.45, 7) is 1.13. The normalized spacial score (nSPS) is 15.8. The van der Waals surface area contributed by atoms with Crippen LogP contribution < -0.4 is 5.32 Å². The average molecular weight is 216 g/mol. The standard InChI is InChI=1S/C13H16N2O/c1(7-14-11-4-5-11)2-10-3-6-13-12(8-10)15-9-16-13/h3,6,8-9,11,14H,1-2,4-5,7H2. The van der Waals surface area contributed by atoms with Crippen molar-refractivity contribution in [1.29, 1.82) is 0 Å². The van der Waals surface area contributed by atoms with Crippen molar-refractivity contribution < 1.29 is 4.42 Å². The SMILES string of the molecule is c1nc2cc(CCCNC3CC3)ccc2o1. The molecule has 1 aliphatic rings. The molecule has 3 rings (SSSR count). The van der Waals surface area contributed by atoms with E-state index in [4.69, 9.17) is 4.42 Å². The van der Waals surface area contributed by atoms with Gasteiger partial charge in [0.05, 0.1) is 0 Å². The van der Waals surface area contributed by atoms with Crippen molar-refractivity contribution in [3.05, 3.63) is 30.2 Å². The van der Waals surface area contributed by atoms with Gasteiger partial charge in [0.15, 0.2) is 12.0 Å². The zero-order valence-electron chi connectivity index (χ0n) is 9.28. The molecule has 3 nitrogen and oxygen atoms in total. The molecule has 3 heteroatoms. The summed E-state index contributed by atoms with van der Waals surface area (Å²) >= 11 is 0. The number of nitrogens with one attached hydrogen (secondary N) is 1. The van der Waals surface area contributed by atoms with Crippen LogP contribution in [-0.2, 0) is 6.42 Å². The molecule has 1 saturated carbocycles. The summed E-state index contributed by atoms with van der Waals surface area (Å²) in [4.78, 5) is 4.16. The molecule has 1 N–H and O–H groups in total. The first-order valence-electron chi connectivity index (χ1n) is 5.97. The molecule has 1 aromatic carbocycles. The highest BCUT2D eigenvalue weighted by atomic mass is 16.3. The molecule has 84 valence electrons. The quantitative estimate of drug-likeness (QED) is 0.780. The van der Waals surface area contributed by atoms with Gasteiger partial charge in [-0.3, -0.25) is 0 Å². The number of rotatable bonds is 5. The smallest absolute Gasteiger partial charge is 0.181 e. The molecule has 0 atom stereocenters. The summed E-state index contributed by atoms with van der Waals surface area (Å²) < 4.78 is 5.21. The van der Waals surface area contributed by atoms with Gasteiger partial charge in [0.2, 0.25) is 0 Å². The average Bonchev–Trinajstić information content (AvgIpc) is 3.01. The van der Waals surface area contributed by atoms with Gasteiger partial charge in [-0.25, -0.2) is 4.98 Å². The maximum atomic E-state index is 5.21. The Morgan fingerprint density at radius 1 is 1.38 bits per heavy atom. The van der Waals surface area contributed by atoms with E-state index in [9.17, 15) is 0 Å². The van der Waals surface area contributed by atoms with Gasteiger partial charge < -0.3 is 9.73 Å². The molecule has 0 saturated heterocycles. The molecule has 1 aromatic heterocycles. The van der Waals surface area contributed by atoms with Crippen molar-refractivity contribution in [3.8, 4) is 0 Å². The lowest BCUT2D eigenvalue weighted by Gasteiger charge is -2.02. The number of hydrogen-bond acceptors (Lipinski definition) is 3. The number of fused-ring (bicyclic) bond motifs is 1. The van der Waals surface area contributed by atoms with Crippen LogP contribution in [-0.4, -0.2) is 17.6 Å². The Balaban J connectivity index is 1.55. The van der Waals surface area contributed by atoms with Gasteiger partial charge >= 0.3 is 0 Å². The van der Waals surface area contributed by atoms with Crippen LogP contribution in [0.5, 0.6) is 0 Å². The highest BCUT2D eigenvalue weighted by molar-refractivity contribution is 5.72. The Morgan fingerprint density at radius 3 is 3.19 bits per heavy atom. The number of hydrogen-bond donors (Lipinski definition) is 1. The van der Waals surface area contributed by atoms with Crippen LogP contribution in [0.1, 0.15) is 24.8 Å². The van der Waals surface area contributed by atoms with Gasteiger partial charge in [0.25, 0.3) is 0 Å². The maximum Gasteiger partial charge on any atom is 0.181 e. The Hall–Kier alpha value is -1.35. The van der Waals surface area contributed by atoms with Crippen molar-refractivity contribution >= 4 is 11.1 Å². The number of nitrogens with zero attached hydrogens (tertiary/aromatic N) is 1. The van der Waals surface area contributed by atoms with E-state index in [1.54, 1.807) is 0 Å². The summed E-state index contributed by atoms with van der Waals surface area (Å²) in [7, 11) is 0. The minimum atomic E-state index is 0.818. The van der Waals surface area contributed by atoms with Crippen LogP contribution in [0.4, 0.5) is 0 Å². The second-order valence-electron chi connectivity index (χ2n) is 4.49. The van der Waals surface area contributed by atoms with Gasteiger partial charge in [0, 0.05) is 6.04 Å². The number of oxazole rings is 1. The van der Waals surface area contributed by atoms with Gasteiger partial charge in [-0.15, -0.1) is 0 Å². The predicted molar refractivity (Wildman–Crippen MR) is 63.4 cm³/mol. The first-order valence-corrected chi connectivity index (χ1v) is 5.97. The molecular formula is C13H16N2O. The Bertz CT molecular complexity index is 473. The maximum absolute atomic E-state index is 5.21. The van der Waals surface area contributed by atoms with E-state index in [-0.39, 0.29) is 0 Å². The Labute approximate surface area is 94.9 Å². The summed E-state index contributed by atoms with van der Waals surface area (Å²) in [5.74, 6) is 0. The van der Waals surface area contributed by atoms with Crippen molar-refractivity contribution in [2.45, 2.75) is 31.7 Å². The van der Waals surface area contributed by atoms with Crippen LogP contribution in [0.3, 0.4) is 0 Å². The van der Waals surface area contributed by atoms with E-state index < -0.39 is 0 Å². The fourth-order valence-corrected chi connectivity index (χ4v) is 1.95.